The molecular formula is C10H13F2N. The van der Waals surface area contributed by atoms with Crippen molar-refractivity contribution in [2.75, 3.05) is 0 Å². The van der Waals surface area contributed by atoms with Crippen LogP contribution in [-0.2, 0) is 5.92 Å². The molecule has 0 fully saturated rings. The maximum absolute atomic E-state index is 12.8. The number of pyridine rings is 1. The number of halogens is 2. The van der Waals surface area contributed by atoms with E-state index in [2.05, 4.69) is 4.98 Å². The minimum atomic E-state index is -2.84. The first kappa shape index (κ1) is 10.1. The van der Waals surface area contributed by atoms with Crippen LogP contribution >= 0.6 is 0 Å². The lowest BCUT2D eigenvalue weighted by atomic mass is 10.0. The summed E-state index contributed by atoms with van der Waals surface area (Å²) in [5, 5.41) is 0. The van der Waals surface area contributed by atoms with E-state index in [1.165, 1.54) is 12.3 Å². The molecule has 1 aromatic heterocycles. The first-order valence-corrected chi connectivity index (χ1v) is 4.25. The molecule has 1 aromatic rings. The van der Waals surface area contributed by atoms with Crippen molar-refractivity contribution in [3.05, 3.63) is 29.6 Å². The average molecular weight is 185 g/mol. The fourth-order valence-electron chi connectivity index (χ4n) is 1.05. The van der Waals surface area contributed by atoms with Crippen LogP contribution in [0.15, 0.2) is 18.3 Å². The zero-order chi connectivity index (χ0) is 10.1. The number of hydrogen-bond acceptors (Lipinski definition) is 1. The van der Waals surface area contributed by atoms with Crippen molar-refractivity contribution in [3.8, 4) is 0 Å². The molecule has 0 aliphatic rings. The van der Waals surface area contributed by atoms with Gasteiger partial charge in [-0.2, -0.15) is 8.78 Å². The van der Waals surface area contributed by atoms with Gasteiger partial charge in [-0.05, 0) is 23.6 Å². The molecule has 3 heteroatoms. The molecule has 0 saturated carbocycles. The Labute approximate surface area is 76.8 Å². The van der Waals surface area contributed by atoms with Crippen LogP contribution in [0.2, 0.25) is 0 Å². The Morgan fingerprint density at radius 2 is 2.00 bits per heavy atom. The van der Waals surface area contributed by atoms with E-state index in [1.807, 2.05) is 13.8 Å². The highest BCUT2D eigenvalue weighted by atomic mass is 19.3. The predicted molar refractivity (Wildman–Crippen MR) is 47.9 cm³/mol. The summed E-state index contributed by atoms with van der Waals surface area (Å²) in [6.45, 7) is 4.79. The molecule has 1 rings (SSSR count). The average Bonchev–Trinajstić information content (AvgIpc) is 2.03. The van der Waals surface area contributed by atoms with Gasteiger partial charge in [0.2, 0.25) is 0 Å². The van der Waals surface area contributed by atoms with Gasteiger partial charge in [0.05, 0.1) is 0 Å². The Hall–Kier alpha value is -0.990. The molecule has 0 radical (unpaired) electrons. The van der Waals surface area contributed by atoms with Gasteiger partial charge < -0.3 is 0 Å². The van der Waals surface area contributed by atoms with Crippen molar-refractivity contribution < 1.29 is 8.78 Å². The predicted octanol–water partition coefficient (Wildman–Crippen LogP) is 3.32. The van der Waals surface area contributed by atoms with Crippen molar-refractivity contribution >= 4 is 0 Å². The third-order valence-corrected chi connectivity index (χ3v) is 1.90. The van der Waals surface area contributed by atoms with Gasteiger partial charge in [-0.3, -0.25) is 4.98 Å². The number of nitrogens with zero attached hydrogens (tertiary/aromatic N) is 1. The Bertz CT molecular complexity index is 289. The molecule has 0 amide bonds. The SMILES string of the molecule is CC(C)c1ccnc(C(C)(F)F)c1. The molecule has 0 aliphatic heterocycles. The summed E-state index contributed by atoms with van der Waals surface area (Å²) >= 11 is 0. The second kappa shape index (κ2) is 3.40. The number of hydrogen-bond donors (Lipinski definition) is 0. The van der Waals surface area contributed by atoms with E-state index in [1.54, 1.807) is 6.07 Å². The fourth-order valence-corrected chi connectivity index (χ4v) is 1.05. The highest BCUT2D eigenvalue weighted by molar-refractivity contribution is 5.21. The lowest BCUT2D eigenvalue weighted by Crippen LogP contribution is -2.10. The Morgan fingerprint density at radius 3 is 2.46 bits per heavy atom. The van der Waals surface area contributed by atoms with Crippen molar-refractivity contribution in [1.82, 2.24) is 4.98 Å². The summed E-state index contributed by atoms with van der Waals surface area (Å²) in [5.41, 5.74) is 0.741. The van der Waals surface area contributed by atoms with Crippen LogP contribution in [0.5, 0.6) is 0 Å². The summed E-state index contributed by atoms with van der Waals surface area (Å²) in [4.78, 5) is 3.64. The monoisotopic (exact) mass is 185 g/mol. The number of aromatic nitrogens is 1. The highest BCUT2D eigenvalue weighted by Crippen LogP contribution is 2.26. The van der Waals surface area contributed by atoms with Gasteiger partial charge in [0.1, 0.15) is 5.69 Å². The molecule has 0 bridgehead atoms. The van der Waals surface area contributed by atoms with Gasteiger partial charge in [0.25, 0.3) is 5.92 Å². The van der Waals surface area contributed by atoms with Gasteiger partial charge in [0.15, 0.2) is 0 Å². The van der Waals surface area contributed by atoms with Gasteiger partial charge in [0, 0.05) is 13.1 Å². The Balaban J connectivity index is 3.06. The van der Waals surface area contributed by atoms with Crippen LogP contribution < -0.4 is 0 Å². The summed E-state index contributed by atoms with van der Waals surface area (Å²) < 4.78 is 25.7. The number of alkyl halides is 2. The van der Waals surface area contributed by atoms with E-state index in [4.69, 9.17) is 0 Å². The standard InChI is InChI=1S/C10H13F2N/c1-7(2)8-4-5-13-9(6-8)10(3,11)12/h4-7H,1-3H3. The van der Waals surface area contributed by atoms with E-state index >= 15 is 0 Å². The maximum atomic E-state index is 12.8. The van der Waals surface area contributed by atoms with Crippen molar-refractivity contribution in [1.29, 1.82) is 0 Å². The topological polar surface area (TPSA) is 12.9 Å². The summed E-state index contributed by atoms with van der Waals surface area (Å²) in [6.07, 6.45) is 1.43. The van der Waals surface area contributed by atoms with Gasteiger partial charge in [-0.15, -0.1) is 0 Å². The minimum absolute atomic E-state index is 0.154. The second-order valence-corrected chi connectivity index (χ2v) is 3.52. The third kappa shape index (κ3) is 2.47. The molecule has 0 saturated heterocycles. The van der Waals surface area contributed by atoms with Crippen LogP contribution in [0, 0.1) is 0 Å². The zero-order valence-electron chi connectivity index (χ0n) is 8.01. The normalized spacial score (nSPS) is 12.2. The molecule has 0 aliphatic carbocycles. The van der Waals surface area contributed by atoms with E-state index in [9.17, 15) is 8.78 Å². The lowest BCUT2D eigenvalue weighted by Gasteiger charge is -2.12. The lowest BCUT2D eigenvalue weighted by molar-refractivity contribution is 0.0126. The molecule has 1 nitrogen and oxygen atoms in total. The smallest absolute Gasteiger partial charge is 0.255 e. The maximum Gasteiger partial charge on any atom is 0.286 e. The van der Waals surface area contributed by atoms with E-state index in [0.29, 0.717) is 0 Å². The van der Waals surface area contributed by atoms with Gasteiger partial charge in [-0.25, -0.2) is 0 Å². The summed E-state index contributed by atoms with van der Waals surface area (Å²) in [6, 6.07) is 3.23. The molecule has 0 unspecified atom stereocenters. The summed E-state index contributed by atoms with van der Waals surface area (Å²) in [7, 11) is 0. The minimum Gasteiger partial charge on any atom is -0.255 e. The first-order valence-electron chi connectivity index (χ1n) is 4.25. The van der Waals surface area contributed by atoms with Crippen LogP contribution in [0.25, 0.3) is 0 Å². The van der Waals surface area contributed by atoms with Crippen molar-refractivity contribution in [2.24, 2.45) is 0 Å². The molecule has 1 heterocycles. The molecule has 72 valence electrons. The molecule has 0 N–H and O–H groups in total. The van der Waals surface area contributed by atoms with Crippen LogP contribution in [-0.4, -0.2) is 4.98 Å². The van der Waals surface area contributed by atoms with Crippen molar-refractivity contribution in [2.45, 2.75) is 32.6 Å². The molecule has 0 atom stereocenters. The van der Waals surface area contributed by atoms with Gasteiger partial charge in [-0.1, -0.05) is 13.8 Å². The largest absolute Gasteiger partial charge is 0.286 e. The third-order valence-electron chi connectivity index (χ3n) is 1.90. The molecule has 0 aromatic carbocycles. The van der Waals surface area contributed by atoms with E-state index in [-0.39, 0.29) is 11.6 Å². The Morgan fingerprint density at radius 1 is 1.38 bits per heavy atom. The molecule has 13 heavy (non-hydrogen) atoms. The quantitative estimate of drug-likeness (QED) is 0.688. The van der Waals surface area contributed by atoms with Crippen LogP contribution in [0.1, 0.15) is 37.9 Å². The second-order valence-electron chi connectivity index (χ2n) is 3.52. The van der Waals surface area contributed by atoms with Crippen molar-refractivity contribution in [3.63, 3.8) is 0 Å². The van der Waals surface area contributed by atoms with E-state index < -0.39 is 5.92 Å². The fraction of sp³-hybridized carbons (Fsp3) is 0.500. The summed E-state index contributed by atoms with van der Waals surface area (Å²) in [5.74, 6) is -2.59. The van der Waals surface area contributed by atoms with Gasteiger partial charge >= 0.3 is 0 Å². The zero-order valence-corrected chi connectivity index (χ0v) is 8.01. The highest BCUT2D eigenvalue weighted by Gasteiger charge is 2.26. The van der Waals surface area contributed by atoms with Crippen LogP contribution in [0.4, 0.5) is 8.78 Å². The first-order chi connectivity index (χ1) is 5.91. The van der Waals surface area contributed by atoms with E-state index in [0.717, 1.165) is 12.5 Å². The van der Waals surface area contributed by atoms with Crippen LogP contribution in [0.3, 0.4) is 0 Å². The molecule has 0 spiro atoms. The molecular weight excluding hydrogens is 172 g/mol. The Kier molecular flexibility index (Phi) is 2.64. The number of rotatable bonds is 2.